The van der Waals surface area contributed by atoms with Gasteiger partial charge in [0.1, 0.15) is 24.5 Å². The van der Waals surface area contributed by atoms with Crippen LogP contribution in [0.5, 0.6) is 0 Å². The Hall–Kier alpha value is -3.15. The summed E-state index contributed by atoms with van der Waals surface area (Å²) in [6.07, 6.45) is 0.894. The van der Waals surface area contributed by atoms with Crippen molar-refractivity contribution in [3.8, 4) is 0 Å². The van der Waals surface area contributed by atoms with Gasteiger partial charge in [0.2, 0.25) is 5.91 Å². The monoisotopic (exact) mass is 515 g/mol. The van der Waals surface area contributed by atoms with Crippen molar-refractivity contribution in [3.63, 3.8) is 0 Å². The zero-order valence-electron chi connectivity index (χ0n) is 19.7. The highest BCUT2D eigenvalue weighted by atomic mass is 32.2. The van der Waals surface area contributed by atoms with E-state index in [0.29, 0.717) is 43.7 Å². The fourth-order valence-electron chi connectivity index (χ4n) is 4.78. The minimum absolute atomic E-state index is 0.0975. The molecule has 2 aromatic rings. The highest BCUT2D eigenvalue weighted by molar-refractivity contribution is 7.91. The lowest BCUT2D eigenvalue weighted by Crippen LogP contribution is -2.52. The van der Waals surface area contributed by atoms with Gasteiger partial charge in [0, 0.05) is 25.2 Å². The van der Waals surface area contributed by atoms with Crippen LogP contribution in [0.3, 0.4) is 0 Å². The molecule has 4 rings (SSSR count). The van der Waals surface area contributed by atoms with Crippen LogP contribution in [0.2, 0.25) is 0 Å². The molecule has 2 aliphatic rings. The maximum Gasteiger partial charge on any atom is 0.410 e. The number of rotatable bonds is 8. The van der Waals surface area contributed by atoms with Crippen molar-refractivity contribution in [2.24, 2.45) is 0 Å². The van der Waals surface area contributed by atoms with Gasteiger partial charge >= 0.3 is 6.09 Å². The second-order valence-corrected chi connectivity index (χ2v) is 10.5. The molecule has 0 radical (unpaired) electrons. The molecule has 0 bridgehead atoms. The number of nitro benzene ring substituents is 1. The maximum atomic E-state index is 13.4. The number of hydrogen-bond donors (Lipinski definition) is 1. The third-order valence-corrected chi connectivity index (χ3v) is 8.08. The summed E-state index contributed by atoms with van der Waals surface area (Å²) in [7, 11) is 0. The Labute approximate surface area is 212 Å². The van der Waals surface area contributed by atoms with Gasteiger partial charge in [-0.2, -0.15) is 0 Å². The molecule has 2 saturated heterocycles. The normalized spacial score (nSPS) is 21.3. The number of aliphatic hydroxyl groups excluding tert-OH is 1. The number of ether oxygens (including phenoxy) is 1. The molecular formula is C25H29N3O7S. The number of hydrogen-bond acceptors (Lipinski definition) is 7. The van der Waals surface area contributed by atoms with Gasteiger partial charge in [0.25, 0.3) is 5.69 Å². The van der Waals surface area contributed by atoms with Crippen LogP contribution < -0.4 is 0 Å². The van der Waals surface area contributed by atoms with E-state index in [0.717, 1.165) is 5.56 Å². The quantitative estimate of drug-likeness (QED) is 0.324. The summed E-state index contributed by atoms with van der Waals surface area (Å²) in [5.74, 6) is -0.327. The second kappa shape index (κ2) is 11.7. The van der Waals surface area contributed by atoms with Crippen LogP contribution in [0.15, 0.2) is 59.5 Å². The second-order valence-electron chi connectivity index (χ2n) is 8.96. The van der Waals surface area contributed by atoms with E-state index in [9.17, 15) is 29.4 Å². The van der Waals surface area contributed by atoms with E-state index in [1.807, 2.05) is 30.3 Å². The molecule has 2 amide bonds. The summed E-state index contributed by atoms with van der Waals surface area (Å²) in [6, 6.07) is 13.5. The number of nitrogens with zero attached hydrogens (tertiary/aromatic N) is 3. The van der Waals surface area contributed by atoms with Crippen LogP contribution in [0, 0.1) is 10.1 Å². The van der Waals surface area contributed by atoms with E-state index in [1.165, 1.54) is 29.2 Å². The molecule has 10 nitrogen and oxygen atoms in total. The van der Waals surface area contributed by atoms with E-state index in [2.05, 4.69) is 0 Å². The van der Waals surface area contributed by atoms with Crippen molar-refractivity contribution in [1.29, 1.82) is 0 Å². The molecule has 192 valence electrons. The average Bonchev–Trinajstić information content (AvgIpc) is 3.58. The SMILES string of the molecule is O=C(OCc1ccccc1)N1CCC[C@@H]1C(=O)N1CCC[C@H]1C(O)C[S+]([O-])c1ccc([N+](=O)[O-])cc1. The number of amides is 2. The fourth-order valence-corrected chi connectivity index (χ4v) is 5.95. The van der Waals surface area contributed by atoms with Gasteiger partial charge in [-0.15, -0.1) is 0 Å². The standard InChI is InChI=1S/C25H29N3O7S/c29-23(17-36(34)20-12-10-19(11-13-20)28(32)33)21-8-4-14-26(21)24(30)22-9-5-15-27(22)25(31)35-16-18-6-2-1-3-7-18/h1-3,6-7,10-13,21-23,29H,4-5,8-9,14-17H2/t21-,22+,23?,36?/m0/s1. The minimum Gasteiger partial charge on any atom is -0.611 e. The number of nitro groups is 1. The molecule has 4 atom stereocenters. The fraction of sp³-hybridized carbons (Fsp3) is 0.440. The van der Waals surface area contributed by atoms with Gasteiger partial charge in [0.05, 0.1) is 11.0 Å². The van der Waals surface area contributed by atoms with Crippen molar-refractivity contribution in [2.45, 2.75) is 55.4 Å². The first kappa shape index (κ1) is 25.9. The van der Waals surface area contributed by atoms with Crippen molar-refractivity contribution < 1.29 is 28.9 Å². The van der Waals surface area contributed by atoms with Gasteiger partial charge in [-0.25, -0.2) is 4.79 Å². The molecule has 2 fully saturated rings. The number of aliphatic hydroxyl groups is 1. The smallest absolute Gasteiger partial charge is 0.410 e. The molecular weight excluding hydrogens is 486 g/mol. The molecule has 0 spiro atoms. The lowest BCUT2D eigenvalue weighted by Gasteiger charge is -2.33. The largest absolute Gasteiger partial charge is 0.611 e. The van der Waals surface area contributed by atoms with E-state index in [-0.39, 0.29) is 24.0 Å². The zero-order chi connectivity index (χ0) is 25.7. The molecule has 2 aliphatic heterocycles. The number of carbonyl (C=O) groups is 2. The van der Waals surface area contributed by atoms with Crippen LogP contribution in [0.4, 0.5) is 10.5 Å². The van der Waals surface area contributed by atoms with Crippen molar-refractivity contribution in [1.82, 2.24) is 9.80 Å². The molecule has 0 saturated carbocycles. The van der Waals surface area contributed by atoms with Crippen LogP contribution >= 0.6 is 0 Å². The van der Waals surface area contributed by atoms with E-state index >= 15 is 0 Å². The number of likely N-dealkylation sites (tertiary alicyclic amines) is 2. The Morgan fingerprint density at radius 3 is 2.42 bits per heavy atom. The highest BCUT2D eigenvalue weighted by Gasteiger charge is 2.43. The van der Waals surface area contributed by atoms with Gasteiger partial charge in [-0.1, -0.05) is 30.3 Å². The summed E-state index contributed by atoms with van der Waals surface area (Å²) < 4.78 is 18.2. The van der Waals surface area contributed by atoms with Crippen LogP contribution in [0.25, 0.3) is 0 Å². The Balaban J connectivity index is 1.36. The minimum atomic E-state index is -1.59. The third-order valence-electron chi connectivity index (χ3n) is 6.64. The highest BCUT2D eigenvalue weighted by Crippen LogP contribution is 2.28. The number of benzene rings is 2. The summed E-state index contributed by atoms with van der Waals surface area (Å²) in [6.45, 7) is 1.000. The Bertz CT molecular complexity index is 1070. The van der Waals surface area contributed by atoms with Gasteiger partial charge in [-0.05, 0) is 54.6 Å². The molecule has 36 heavy (non-hydrogen) atoms. The number of non-ortho nitro benzene ring substituents is 1. The average molecular weight is 516 g/mol. The third kappa shape index (κ3) is 5.97. The van der Waals surface area contributed by atoms with Crippen LogP contribution in [0.1, 0.15) is 31.2 Å². The van der Waals surface area contributed by atoms with Crippen molar-refractivity contribution >= 4 is 28.9 Å². The molecule has 11 heteroatoms. The van der Waals surface area contributed by atoms with E-state index < -0.39 is 40.4 Å². The lowest BCUT2D eigenvalue weighted by molar-refractivity contribution is -0.384. The van der Waals surface area contributed by atoms with Crippen molar-refractivity contribution in [2.75, 3.05) is 18.8 Å². The number of carbonyl (C=O) groups excluding carboxylic acids is 2. The maximum absolute atomic E-state index is 13.4. The van der Waals surface area contributed by atoms with Gasteiger partial charge in [-0.3, -0.25) is 19.8 Å². The zero-order valence-corrected chi connectivity index (χ0v) is 20.5. The Morgan fingerprint density at radius 1 is 1.06 bits per heavy atom. The summed E-state index contributed by atoms with van der Waals surface area (Å²) >= 11 is -1.59. The van der Waals surface area contributed by atoms with E-state index in [1.54, 1.807) is 4.90 Å². The summed E-state index contributed by atoms with van der Waals surface area (Å²) in [5, 5.41) is 21.7. The van der Waals surface area contributed by atoms with Gasteiger partial charge < -0.3 is 19.3 Å². The first-order chi connectivity index (χ1) is 17.3. The first-order valence-corrected chi connectivity index (χ1v) is 13.3. The molecule has 2 heterocycles. The van der Waals surface area contributed by atoms with Gasteiger partial charge in [0.15, 0.2) is 4.90 Å². The summed E-state index contributed by atoms with van der Waals surface area (Å²) in [5.41, 5.74) is 0.754. The topological polar surface area (TPSA) is 136 Å². The Kier molecular flexibility index (Phi) is 8.44. The van der Waals surface area contributed by atoms with Crippen LogP contribution in [-0.2, 0) is 27.3 Å². The molecule has 0 aromatic heterocycles. The first-order valence-electron chi connectivity index (χ1n) is 11.9. The molecule has 2 unspecified atom stereocenters. The Morgan fingerprint density at radius 2 is 1.72 bits per heavy atom. The molecule has 0 aliphatic carbocycles. The summed E-state index contributed by atoms with van der Waals surface area (Å²) in [4.78, 5) is 39.9. The predicted molar refractivity (Wildman–Crippen MR) is 131 cm³/mol. The van der Waals surface area contributed by atoms with E-state index in [4.69, 9.17) is 4.74 Å². The van der Waals surface area contributed by atoms with Crippen LogP contribution in [-0.4, -0.2) is 73.4 Å². The molecule has 1 N–H and O–H groups in total. The molecule has 2 aromatic carbocycles. The lowest BCUT2D eigenvalue weighted by atomic mass is 10.1. The predicted octanol–water partition coefficient (Wildman–Crippen LogP) is 2.86. The van der Waals surface area contributed by atoms with Crippen molar-refractivity contribution in [3.05, 3.63) is 70.3 Å².